The van der Waals surface area contributed by atoms with Crippen molar-refractivity contribution < 1.29 is 27.9 Å². The van der Waals surface area contributed by atoms with Crippen LogP contribution >= 0.6 is 0 Å². The molecule has 11 nitrogen and oxygen atoms in total. The third-order valence-electron chi connectivity index (χ3n) is 6.18. The monoisotopic (exact) mass is 528 g/mol. The van der Waals surface area contributed by atoms with Crippen LogP contribution in [0.4, 0.5) is 4.39 Å². The highest BCUT2D eigenvalue weighted by Gasteiger charge is 2.32. The van der Waals surface area contributed by atoms with Gasteiger partial charge in [-0.3, -0.25) is 9.59 Å². The van der Waals surface area contributed by atoms with Gasteiger partial charge in [0, 0.05) is 32.9 Å². The molecule has 0 radical (unpaired) electrons. The molecule has 1 fully saturated rings. The van der Waals surface area contributed by atoms with E-state index in [2.05, 4.69) is 20.7 Å². The predicted molar refractivity (Wildman–Crippen MR) is 134 cm³/mol. The van der Waals surface area contributed by atoms with Gasteiger partial charge in [-0.1, -0.05) is 12.1 Å². The number of tetrazole rings is 1. The van der Waals surface area contributed by atoms with E-state index < -0.39 is 17.8 Å². The van der Waals surface area contributed by atoms with Crippen molar-refractivity contribution in [2.45, 2.75) is 51.8 Å². The van der Waals surface area contributed by atoms with Crippen LogP contribution < -0.4 is 5.32 Å². The molecule has 3 aromatic rings. The van der Waals surface area contributed by atoms with Gasteiger partial charge in [0.05, 0.1) is 6.10 Å². The van der Waals surface area contributed by atoms with Crippen molar-refractivity contribution in [3.05, 3.63) is 53.5 Å². The third kappa shape index (κ3) is 7.23. The molecule has 1 aromatic carbocycles. The lowest BCUT2D eigenvalue weighted by atomic mass is 10.0. The Morgan fingerprint density at radius 1 is 1.26 bits per heavy atom. The molecule has 1 N–H and O–H groups in total. The first kappa shape index (κ1) is 27.4. The minimum atomic E-state index is -0.998. The number of nitrogens with one attached hydrogen (secondary N) is 1. The van der Waals surface area contributed by atoms with Crippen LogP contribution in [0.25, 0.3) is 11.6 Å². The molecule has 3 heterocycles. The Bertz CT molecular complexity index is 1190. The van der Waals surface area contributed by atoms with Crippen molar-refractivity contribution >= 4 is 11.8 Å². The number of hydrogen-bond acceptors (Lipinski definition) is 8. The number of rotatable bonds is 13. The van der Waals surface area contributed by atoms with Gasteiger partial charge >= 0.3 is 0 Å². The molecule has 4 rings (SSSR count). The van der Waals surface area contributed by atoms with E-state index in [1.54, 1.807) is 19.1 Å². The van der Waals surface area contributed by atoms with Crippen LogP contribution in [0.3, 0.4) is 0 Å². The lowest BCUT2D eigenvalue weighted by molar-refractivity contribution is -0.142. The molecule has 12 heteroatoms. The summed E-state index contributed by atoms with van der Waals surface area (Å²) in [5, 5.41) is 15.2. The normalized spacial score (nSPS) is 15.9. The molecule has 1 aliphatic rings. The van der Waals surface area contributed by atoms with Gasteiger partial charge in [0.25, 0.3) is 0 Å². The van der Waals surface area contributed by atoms with Crippen molar-refractivity contribution in [1.82, 2.24) is 30.4 Å². The SMILES string of the molecule is CCOCCCN(C(=O)Cn1nnc(-c2ccc(C)o2)n1)[C@H](C(=O)NC[C@@H]1CCCO1)c1ccc(F)cc1. The molecular formula is C26H33FN6O5. The predicted octanol–water partition coefficient (Wildman–Crippen LogP) is 2.67. The number of ether oxygens (including phenoxy) is 2. The summed E-state index contributed by atoms with van der Waals surface area (Å²) in [5.41, 5.74) is 0.485. The number of aryl methyl sites for hydroxylation is 1. The van der Waals surface area contributed by atoms with E-state index in [-0.39, 0.29) is 30.9 Å². The molecule has 0 spiro atoms. The summed E-state index contributed by atoms with van der Waals surface area (Å²) in [6, 6.07) is 8.08. The van der Waals surface area contributed by atoms with Gasteiger partial charge in [-0.2, -0.15) is 4.80 Å². The second kappa shape index (κ2) is 13.2. The molecular weight excluding hydrogens is 495 g/mol. The summed E-state index contributed by atoms with van der Waals surface area (Å²) in [6.45, 7) is 5.61. The number of aromatic nitrogens is 4. The molecule has 1 saturated heterocycles. The number of halogens is 1. The fraction of sp³-hybridized carbons (Fsp3) is 0.500. The molecule has 0 saturated carbocycles. The molecule has 204 valence electrons. The third-order valence-corrected chi connectivity index (χ3v) is 6.18. The highest BCUT2D eigenvalue weighted by Crippen LogP contribution is 2.24. The van der Waals surface area contributed by atoms with Crippen LogP contribution in [-0.2, 0) is 25.6 Å². The Morgan fingerprint density at radius 2 is 2.08 bits per heavy atom. The zero-order chi connectivity index (χ0) is 26.9. The maximum Gasteiger partial charge on any atom is 0.247 e. The summed E-state index contributed by atoms with van der Waals surface area (Å²) in [6.07, 6.45) is 2.22. The van der Waals surface area contributed by atoms with E-state index in [1.165, 1.54) is 29.2 Å². The number of furan rings is 1. The molecule has 0 unspecified atom stereocenters. The van der Waals surface area contributed by atoms with Crippen molar-refractivity contribution in [1.29, 1.82) is 0 Å². The lowest BCUT2D eigenvalue weighted by Gasteiger charge is -2.31. The first-order valence-electron chi connectivity index (χ1n) is 12.8. The molecule has 2 atom stereocenters. The van der Waals surface area contributed by atoms with Gasteiger partial charge in [-0.25, -0.2) is 4.39 Å². The lowest BCUT2D eigenvalue weighted by Crippen LogP contribution is -2.47. The second-order valence-corrected chi connectivity index (χ2v) is 9.03. The summed E-state index contributed by atoms with van der Waals surface area (Å²) in [7, 11) is 0. The van der Waals surface area contributed by atoms with E-state index in [9.17, 15) is 14.0 Å². The first-order chi connectivity index (χ1) is 18.4. The van der Waals surface area contributed by atoms with Crippen molar-refractivity contribution in [3.8, 4) is 11.6 Å². The van der Waals surface area contributed by atoms with Gasteiger partial charge in [-0.15, -0.1) is 10.2 Å². The minimum absolute atomic E-state index is 0.0714. The summed E-state index contributed by atoms with van der Waals surface area (Å²) < 4.78 is 30.4. The Hall–Kier alpha value is -3.64. The molecule has 2 amide bonds. The number of benzene rings is 1. The van der Waals surface area contributed by atoms with Gasteiger partial charge in [0.1, 0.15) is 24.2 Å². The topological polar surface area (TPSA) is 125 Å². The average Bonchev–Trinajstić information content (AvgIpc) is 3.68. The van der Waals surface area contributed by atoms with Gasteiger partial charge < -0.3 is 24.1 Å². The van der Waals surface area contributed by atoms with Crippen molar-refractivity contribution in [3.63, 3.8) is 0 Å². The number of nitrogens with zero attached hydrogens (tertiary/aromatic N) is 5. The Kier molecular flexibility index (Phi) is 9.55. The van der Waals surface area contributed by atoms with Crippen LogP contribution in [0.2, 0.25) is 0 Å². The number of carbonyl (C=O) groups is 2. The van der Waals surface area contributed by atoms with Crippen LogP contribution in [-0.4, -0.2) is 75.9 Å². The van der Waals surface area contributed by atoms with Gasteiger partial charge in [0.2, 0.25) is 17.6 Å². The maximum atomic E-state index is 13.7. The Balaban J connectivity index is 1.56. The second-order valence-electron chi connectivity index (χ2n) is 9.03. The van der Waals surface area contributed by atoms with Crippen molar-refractivity contribution in [2.75, 3.05) is 32.9 Å². The van der Waals surface area contributed by atoms with Crippen LogP contribution in [0.15, 0.2) is 40.8 Å². The summed E-state index contributed by atoms with van der Waals surface area (Å²) in [4.78, 5) is 29.8. The number of hydrogen-bond donors (Lipinski definition) is 1. The van der Waals surface area contributed by atoms with Crippen LogP contribution in [0, 0.1) is 12.7 Å². The molecule has 2 aromatic heterocycles. The highest BCUT2D eigenvalue weighted by atomic mass is 19.1. The Morgan fingerprint density at radius 3 is 2.76 bits per heavy atom. The fourth-order valence-electron chi connectivity index (χ4n) is 4.29. The molecule has 0 bridgehead atoms. The van der Waals surface area contributed by atoms with E-state index >= 15 is 0 Å². The average molecular weight is 529 g/mol. The quantitative estimate of drug-likeness (QED) is 0.336. The standard InChI is InChI=1S/C26H33FN6O5/c1-3-36-14-5-13-32(23(34)17-33-30-25(29-31-33)22-12-7-18(2)38-22)24(19-8-10-20(27)11-9-19)26(35)28-16-21-6-4-15-37-21/h7-12,21,24H,3-6,13-17H2,1-2H3,(H,28,35)/t21-,24-/m0/s1. The zero-order valence-electron chi connectivity index (χ0n) is 21.6. The molecule has 0 aliphatic carbocycles. The van der Waals surface area contributed by atoms with Gasteiger partial charge in [-0.05, 0) is 68.2 Å². The fourth-order valence-corrected chi connectivity index (χ4v) is 4.29. The molecule has 38 heavy (non-hydrogen) atoms. The van der Waals surface area contributed by atoms with E-state index in [4.69, 9.17) is 13.9 Å². The van der Waals surface area contributed by atoms with Crippen LogP contribution in [0.5, 0.6) is 0 Å². The van der Waals surface area contributed by atoms with E-state index in [0.29, 0.717) is 49.9 Å². The highest BCUT2D eigenvalue weighted by molar-refractivity contribution is 5.88. The zero-order valence-corrected chi connectivity index (χ0v) is 21.6. The minimum Gasteiger partial charge on any atom is -0.458 e. The van der Waals surface area contributed by atoms with Gasteiger partial charge in [0.15, 0.2) is 5.76 Å². The largest absolute Gasteiger partial charge is 0.458 e. The molecule has 1 aliphatic heterocycles. The van der Waals surface area contributed by atoms with Crippen molar-refractivity contribution in [2.24, 2.45) is 0 Å². The number of carbonyl (C=O) groups excluding carboxylic acids is 2. The van der Waals surface area contributed by atoms with Crippen LogP contribution in [0.1, 0.15) is 43.6 Å². The maximum absolute atomic E-state index is 13.7. The summed E-state index contributed by atoms with van der Waals surface area (Å²) in [5.74, 6) is 0.168. The smallest absolute Gasteiger partial charge is 0.247 e. The Labute approximate surface area is 220 Å². The van der Waals surface area contributed by atoms with E-state index in [0.717, 1.165) is 17.6 Å². The number of amides is 2. The van der Waals surface area contributed by atoms with E-state index in [1.807, 2.05) is 6.92 Å². The summed E-state index contributed by atoms with van der Waals surface area (Å²) >= 11 is 0. The first-order valence-corrected chi connectivity index (χ1v) is 12.8.